The van der Waals surface area contributed by atoms with Crippen LogP contribution in [-0.4, -0.2) is 26.8 Å². The van der Waals surface area contributed by atoms with Gasteiger partial charge >= 0.3 is 0 Å². The Morgan fingerprint density at radius 2 is 1.74 bits per heavy atom. The van der Waals surface area contributed by atoms with Gasteiger partial charge in [-0.2, -0.15) is 0 Å². The van der Waals surface area contributed by atoms with Crippen LogP contribution in [0.3, 0.4) is 0 Å². The molecule has 0 unspecified atom stereocenters. The van der Waals surface area contributed by atoms with Gasteiger partial charge in [0.25, 0.3) is 5.91 Å². The molecule has 0 saturated heterocycles. The fourth-order valence-corrected chi connectivity index (χ4v) is 2.30. The Kier molecular flexibility index (Phi) is 5.68. The lowest BCUT2D eigenvalue weighted by molar-refractivity contribution is -0.114. The van der Waals surface area contributed by atoms with Gasteiger partial charge < -0.3 is 16.0 Å². The van der Waals surface area contributed by atoms with Crippen LogP contribution >= 0.6 is 0 Å². The molecular formula is C19H18N6O2. The molecule has 2 aromatic heterocycles. The summed E-state index contributed by atoms with van der Waals surface area (Å²) in [7, 11) is 0. The normalized spacial score (nSPS) is 10.1. The number of carbonyl (C=O) groups excluding carboxylic acids is 2. The molecule has 8 nitrogen and oxygen atoms in total. The number of anilines is 3. The summed E-state index contributed by atoms with van der Waals surface area (Å²) in [5, 5.41) is 8.57. The smallest absolute Gasteiger partial charge is 0.270 e. The van der Waals surface area contributed by atoms with Gasteiger partial charge in [-0.15, -0.1) is 0 Å². The fourth-order valence-electron chi connectivity index (χ4n) is 2.30. The van der Waals surface area contributed by atoms with Gasteiger partial charge in [0.2, 0.25) is 5.91 Å². The summed E-state index contributed by atoms with van der Waals surface area (Å²) >= 11 is 0. The molecule has 0 aliphatic heterocycles. The zero-order chi connectivity index (χ0) is 19.1. The first-order valence-electron chi connectivity index (χ1n) is 8.25. The molecule has 0 aliphatic carbocycles. The van der Waals surface area contributed by atoms with Crippen molar-refractivity contribution in [3.05, 3.63) is 72.4 Å². The van der Waals surface area contributed by atoms with E-state index in [4.69, 9.17) is 0 Å². The number of hydrogen-bond donors (Lipinski definition) is 3. The van der Waals surface area contributed by atoms with Crippen LogP contribution in [-0.2, 0) is 11.3 Å². The summed E-state index contributed by atoms with van der Waals surface area (Å²) < 4.78 is 0. The monoisotopic (exact) mass is 362 g/mol. The van der Waals surface area contributed by atoms with Crippen molar-refractivity contribution in [3.63, 3.8) is 0 Å². The lowest BCUT2D eigenvalue weighted by Gasteiger charge is -2.08. The van der Waals surface area contributed by atoms with E-state index in [1.807, 2.05) is 18.2 Å². The molecule has 0 aliphatic rings. The van der Waals surface area contributed by atoms with Crippen LogP contribution in [0, 0.1) is 0 Å². The van der Waals surface area contributed by atoms with Crippen molar-refractivity contribution < 1.29 is 9.59 Å². The molecule has 0 fully saturated rings. The minimum absolute atomic E-state index is 0.132. The molecule has 2 amide bonds. The Balaban J connectivity index is 1.62. The number of aromatic nitrogens is 3. The lowest BCUT2D eigenvalue weighted by Crippen LogP contribution is -2.24. The molecule has 136 valence electrons. The van der Waals surface area contributed by atoms with Crippen LogP contribution in [0.5, 0.6) is 0 Å². The van der Waals surface area contributed by atoms with Crippen LogP contribution in [0.2, 0.25) is 0 Å². The van der Waals surface area contributed by atoms with Gasteiger partial charge in [-0.1, -0.05) is 6.07 Å². The summed E-state index contributed by atoms with van der Waals surface area (Å²) in [5.74, 6) is 0.0419. The number of pyridine rings is 1. The Morgan fingerprint density at radius 3 is 2.44 bits per heavy atom. The van der Waals surface area contributed by atoms with E-state index in [0.717, 1.165) is 11.4 Å². The second-order valence-corrected chi connectivity index (χ2v) is 5.68. The first kappa shape index (κ1) is 18.0. The topological polar surface area (TPSA) is 109 Å². The maximum atomic E-state index is 12.3. The van der Waals surface area contributed by atoms with E-state index < -0.39 is 0 Å². The number of rotatable bonds is 6. The number of amides is 2. The minimum atomic E-state index is -0.313. The quantitative estimate of drug-likeness (QED) is 0.622. The number of benzene rings is 1. The van der Waals surface area contributed by atoms with Gasteiger partial charge in [0.15, 0.2) is 0 Å². The summed E-state index contributed by atoms with van der Waals surface area (Å²) in [6.07, 6.45) is 3.00. The third-order valence-electron chi connectivity index (χ3n) is 3.53. The number of nitrogens with zero attached hydrogens (tertiary/aromatic N) is 3. The van der Waals surface area contributed by atoms with Gasteiger partial charge in [0.05, 0.1) is 12.2 Å². The molecule has 3 N–H and O–H groups in total. The Morgan fingerprint density at radius 1 is 0.963 bits per heavy atom. The molecule has 0 atom stereocenters. The van der Waals surface area contributed by atoms with Gasteiger partial charge in [-0.05, 0) is 36.4 Å². The van der Waals surface area contributed by atoms with Crippen LogP contribution in [0.25, 0.3) is 0 Å². The molecule has 2 heterocycles. The molecule has 0 bridgehead atoms. The third kappa shape index (κ3) is 5.33. The van der Waals surface area contributed by atoms with E-state index >= 15 is 0 Å². The van der Waals surface area contributed by atoms with Crippen molar-refractivity contribution in [3.8, 4) is 0 Å². The highest BCUT2D eigenvalue weighted by molar-refractivity contribution is 5.93. The first-order chi connectivity index (χ1) is 13.1. The number of hydrogen-bond acceptors (Lipinski definition) is 6. The molecule has 1 aromatic carbocycles. The largest absolute Gasteiger partial charge is 0.345 e. The van der Waals surface area contributed by atoms with Crippen molar-refractivity contribution in [2.75, 3.05) is 10.6 Å². The zero-order valence-corrected chi connectivity index (χ0v) is 14.6. The zero-order valence-electron chi connectivity index (χ0n) is 14.6. The van der Waals surface area contributed by atoms with Crippen LogP contribution in [0.4, 0.5) is 17.2 Å². The molecular weight excluding hydrogens is 344 g/mol. The van der Waals surface area contributed by atoms with Crippen molar-refractivity contribution in [2.24, 2.45) is 0 Å². The van der Waals surface area contributed by atoms with E-state index in [1.54, 1.807) is 36.5 Å². The van der Waals surface area contributed by atoms with Crippen LogP contribution in [0.1, 0.15) is 23.1 Å². The van der Waals surface area contributed by atoms with Crippen LogP contribution in [0.15, 0.2) is 61.1 Å². The minimum Gasteiger partial charge on any atom is -0.345 e. The van der Waals surface area contributed by atoms with Crippen molar-refractivity contribution >= 4 is 29.0 Å². The van der Waals surface area contributed by atoms with E-state index in [9.17, 15) is 9.59 Å². The maximum absolute atomic E-state index is 12.3. The lowest BCUT2D eigenvalue weighted by atomic mass is 10.2. The second-order valence-electron chi connectivity index (χ2n) is 5.68. The molecule has 27 heavy (non-hydrogen) atoms. The maximum Gasteiger partial charge on any atom is 0.270 e. The second kappa shape index (κ2) is 8.52. The Bertz CT molecular complexity index is 928. The Hall–Kier alpha value is -3.81. The molecule has 3 rings (SSSR count). The van der Waals surface area contributed by atoms with Crippen molar-refractivity contribution in [2.45, 2.75) is 13.5 Å². The summed E-state index contributed by atoms with van der Waals surface area (Å²) in [5.41, 5.74) is 2.48. The van der Waals surface area contributed by atoms with Crippen molar-refractivity contribution in [1.82, 2.24) is 20.3 Å². The third-order valence-corrected chi connectivity index (χ3v) is 3.53. The summed E-state index contributed by atoms with van der Waals surface area (Å²) in [6.45, 7) is 1.77. The highest BCUT2D eigenvalue weighted by Gasteiger charge is 2.09. The van der Waals surface area contributed by atoms with Crippen molar-refractivity contribution in [1.29, 1.82) is 0 Å². The molecule has 0 radical (unpaired) electrons. The van der Waals surface area contributed by atoms with E-state index in [2.05, 4.69) is 30.9 Å². The SMILES string of the molecule is CC(=O)Nc1ccc(Nc2cc(C(=O)NCc3ccccn3)ncn2)cc1. The van der Waals surface area contributed by atoms with Gasteiger partial charge in [0.1, 0.15) is 17.8 Å². The summed E-state index contributed by atoms with van der Waals surface area (Å²) in [6, 6.07) is 14.2. The predicted octanol–water partition coefficient (Wildman–Crippen LogP) is 2.50. The highest BCUT2D eigenvalue weighted by Crippen LogP contribution is 2.17. The standard InChI is InChI=1S/C19H18N6O2/c1-13(26)24-14-5-7-15(8-6-14)25-18-10-17(22-12-23-18)19(27)21-11-16-4-2-3-9-20-16/h2-10,12H,11H2,1H3,(H,21,27)(H,24,26)(H,22,23,25). The van der Waals surface area contributed by atoms with E-state index in [-0.39, 0.29) is 17.5 Å². The van der Waals surface area contributed by atoms with Gasteiger partial charge in [-0.25, -0.2) is 9.97 Å². The van der Waals surface area contributed by atoms with E-state index in [0.29, 0.717) is 18.1 Å². The average Bonchev–Trinajstić information content (AvgIpc) is 2.68. The van der Waals surface area contributed by atoms with Crippen LogP contribution < -0.4 is 16.0 Å². The van der Waals surface area contributed by atoms with E-state index in [1.165, 1.54) is 13.3 Å². The summed E-state index contributed by atoms with van der Waals surface area (Å²) in [4.78, 5) is 35.6. The number of carbonyl (C=O) groups is 2. The predicted molar refractivity (Wildman–Crippen MR) is 101 cm³/mol. The average molecular weight is 362 g/mol. The molecule has 0 spiro atoms. The van der Waals surface area contributed by atoms with Gasteiger partial charge in [0, 0.05) is 30.6 Å². The number of nitrogens with one attached hydrogen (secondary N) is 3. The highest BCUT2D eigenvalue weighted by atomic mass is 16.2. The molecule has 3 aromatic rings. The fraction of sp³-hybridized carbons (Fsp3) is 0.105. The Labute approximate surface area is 156 Å². The van der Waals surface area contributed by atoms with Gasteiger partial charge in [-0.3, -0.25) is 14.6 Å². The first-order valence-corrected chi connectivity index (χ1v) is 8.25. The molecule has 8 heteroatoms. The molecule has 0 saturated carbocycles.